The number of nitrogens with two attached hydrogens (primary N) is 1. The molecule has 2 rings (SSSR count). The number of nitrogens with one attached hydrogen (secondary N) is 1. The van der Waals surface area contributed by atoms with Crippen LogP contribution in [0.25, 0.3) is 0 Å². The van der Waals surface area contributed by atoms with Crippen molar-refractivity contribution in [3.05, 3.63) is 53.6 Å². The van der Waals surface area contributed by atoms with Crippen LogP contribution in [0.3, 0.4) is 0 Å². The van der Waals surface area contributed by atoms with Crippen molar-refractivity contribution in [1.29, 1.82) is 0 Å². The Hall–Kier alpha value is -1.72. The van der Waals surface area contributed by atoms with E-state index in [2.05, 4.69) is 17.4 Å². The zero-order valence-electron chi connectivity index (χ0n) is 11.0. The van der Waals surface area contributed by atoms with Gasteiger partial charge in [-0.3, -0.25) is 16.0 Å². The molecule has 0 saturated carbocycles. The maximum absolute atomic E-state index is 13.7. The van der Waals surface area contributed by atoms with Gasteiger partial charge in [-0.2, -0.15) is 5.10 Å². The van der Waals surface area contributed by atoms with E-state index in [0.717, 1.165) is 18.7 Å². The molecule has 1 atom stereocenters. The molecule has 1 aromatic carbocycles. The quantitative estimate of drug-likeness (QED) is 0.619. The Morgan fingerprint density at radius 3 is 2.84 bits per heavy atom. The molecule has 0 aliphatic rings. The summed E-state index contributed by atoms with van der Waals surface area (Å²) in [6, 6.07) is 8.53. The molecule has 0 fully saturated rings. The van der Waals surface area contributed by atoms with Gasteiger partial charge in [-0.05, 0) is 30.5 Å². The van der Waals surface area contributed by atoms with E-state index in [1.807, 2.05) is 16.8 Å². The van der Waals surface area contributed by atoms with Crippen LogP contribution in [0.2, 0.25) is 0 Å². The van der Waals surface area contributed by atoms with E-state index in [1.165, 1.54) is 6.07 Å². The molecule has 1 unspecified atom stereocenters. The van der Waals surface area contributed by atoms with Crippen LogP contribution in [0.1, 0.15) is 30.6 Å². The lowest BCUT2D eigenvalue weighted by molar-refractivity contribution is 0.470. The van der Waals surface area contributed by atoms with E-state index in [0.29, 0.717) is 12.0 Å². The first-order valence-electron chi connectivity index (χ1n) is 6.47. The molecule has 19 heavy (non-hydrogen) atoms. The van der Waals surface area contributed by atoms with Crippen molar-refractivity contribution < 1.29 is 4.39 Å². The Balaban J connectivity index is 2.20. The average molecular weight is 262 g/mol. The van der Waals surface area contributed by atoms with Crippen molar-refractivity contribution in [2.24, 2.45) is 5.84 Å². The summed E-state index contributed by atoms with van der Waals surface area (Å²) in [6.45, 7) is 2.92. The summed E-state index contributed by atoms with van der Waals surface area (Å²) in [5, 5.41) is 4.27. The minimum atomic E-state index is -0.204. The number of aryl methyl sites for hydroxylation is 1. The largest absolute Gasteiger partial charge is 0.271 e. The Morgan fingerprint density at radius 2 is 2.16 bits per heavy atom. The van der Waals surface area contributed by atoms with Crippen LogP contribution in [-0.4, -0.2) is 9.78 Å². The standard InChI is InChI=1S/C14H19FN4/c1-2-9-19-14(7-8-17-19)13(18-16)10-11-5-3-4-6-12(11)15/h3-8,13,18H,2,9-10,16H2,1H3. The maximum Gasteiger partial charge on any atom is 0.126 e. The smallest absolute Gasteiger partial charge is 0.126 e. The minimum Gasteiger partial charge on any atom is -0.271 e. The number of rotatable bonds is 6. The third-order valence-electron chi connectivity index (χ3n) is 3.12. The van der Waals surface area contributed by atoms with Crippen molar-refractivity contribution in [2.75, 3.05) is 0 Å². The molecule has 0 bridgehead atoms. The van der Waals surface area contributed by atoms with E-state index < -0.39 is 0 Å². The third-order valence-corrected chi connectivity index (χ3v) is 3.12. The molecule has 102 valence electrons. The van der Waals surface area contributed by atoms with Crippen molar-refractivity contribution in [2.45, 2.75) is 32.4 Å². The van der Waals surface area contributed by atoms with Gasteiger partial charge in [0.25, 0.3) is 0 Å². The number of benzene rings is 1. The van der Waals surface area contributed by atoms with Crippen molar-refractivity contribution >= 4 is 0 Å². The number of nitrogens with zero attached hydrogens (tertiary/aromatic N) is 2. The number of hydrogen-bond donors (Lipinski definition) is 2. The first kappa shape index (κ1) is 13.7. The fourth-order valence-corrected chi connectivity index (χ4v) is 2.17. The summed E-state index contributed by atoms with van der Waals surface area (Å²) in [5.41, 5.74) is 4.38. The topological polar surface area (TPSA) is 55.9 Å². The van der Waals surface area contributed by atoms with Gasteiger partial charge in [-0.25, -0.2) is 4.39 Å². The minimum absolute atomic E-state index is 0.147. The predicted octanol–water partition coefficient (Wildman–Crippen LogP) is 2.18. The zero-order chi connectivity index (χ0) is 13.7. The first-order chi connectivity index (χ1) is 9.26. The summed E-state index contributed by atoms with van der Waals surface area (Å²) < 4.78 is 15.6. The Morgan fingerprint density at radius 1 is 1.37 bits per heavy atom. The van der Waals surface area contributed by atoms with Gasteiger partial charge in [0, 0.05) is 12.7 Å². The Kier molecular flexibility index (Phi) is 4.65. The second kappa shape index (κ2) is 6.45. The Labute approximate surface area is 112 Å². The molecule has 0 aliphatic carbocycles. The van der Waals surface area contributed by atoms with Crippen LogP contribution in [0.15, 0.2) is 36.5 Å². The van der Waals surface area contributed by atoms with Gasteiger partial charge in [0.2, 0.25) is 0 Å². The van der Waals surface area contributed by atoms with Crippen LogP contribution < -0.4 is 11.3 Å². The molecule has 2 aromatic rings. The van der Waals surface area contributed by atoms with Gasteiger partial charge >= 0.3 is 0 Å². The fourth-order valence-electron chi connectivity index (χ4n) is 2.17. The van der Waals surface area contributed by atoms with Gasteiger partial charge in [0.05, 0.1) is 11.7 Å². The highest BCUT2D eigenvalue weighted by Gasteiger charge is 2.16. The Bertz CT molecular complexity index is 524. The van der Waals surface area contributed by atoms with Crippen LogP contribution in [-0.2, 0) is 13.0 Å². The molecule has 0 radical (unpaired) electrons. The highest BCUT2D eigenvalue weighted by atomic mass is 19.1. The monoisotopic (exact) mass is 262 g/mol. The second-order valence-corrected chi connectivity index (χ2v) is 4.49. The zero-order valence-corrected chi connectivity index (χ0v) is 11.0. The first-order valence-corrected chi connectivity index (χ1v) is 6.47. The SMILES string of the molecule is CCCn1nccc1C(Cc1ccccc1F)NN. The molecule has 0 spiro atoms. The highest BCUT2D eigenvalue weighted by Crippen LogP contribution is 2.19. The summed E-state index contributed by atoms with van der Waals surface area (Å²) in [5.74, 6) is 5.41. The van der Waals surface area contributed by atoms with E-state index in [1.54, 1.807) is 18.3 Å². The van der Waals surface area contributed by atoms with Crippen molar-refractivity contribution in [3.63, 3.8) is 0 Å². The molecule has 0 saturated heterocycles. The number of aromatic nitrogens is 2. The number of halogens is 1. The molecule has 5 heteroatoms. The second-order valence-electron chi connectivity index (χ2n) is 4.49. The molecule has 3 N–H and O–H groups in total. The number of hydrogen-bond acceptors (Lipinski definition) is 3. The van der Waals surface area contributed by atoms with E-state index in [4.69, 9.17) is 5.84 Å². The molecule has 0 amide bonds. The van der Waals surface area contributed by atoms with Crippen molar-refractivity contribution in [3.8, 4) is 0 Å². The van der Waals surface area contributed by atoms with Crippen LogP contribution in [0.5, 0.6) is 0 Å². The third kappa shape index (κ3) is 3.19. The van der Waals surface area contributed by atoms with Gasteiger partial charge in [0.1, 0.15) is 5.82 Å². The van der Waals surface area contributed by atoms with Crippen molar-refractivity contribution in [1.82, 2.24) is 15.2 Å². The number of hydrazine groups is 1. The van der Waals surface area contributed by atoms with E-state index in [9.17, 15) is 4.39 Å². The molecular formula is C14H19FN4. The lowest BCUT2D eigenvalue weighted by Gasteiger charge is -2.18. The van der Waals surface area contributed by atoms with Gasteiger partial charge in [-0.15, -0.1) is 0 Å². The van der Waals surface area contributed by atoms with E-state index >= 15 is 0 Å². The summed E-state index contributed by atoms with van der Waals surface area (Å²) >= 11 is 0. The van der Waals surface area contributed by atoms with Gasteiger partial charge < -0.3 is 0 Å². The molecule has 1 aromatic heterocycles. The molecule has 0 aliphatic heterocycles. The molecule has 1 heterocycles. The average Bonchev–Trinajstić information content (AvgIpc) is 2.86. The summed E-state index contributed by atoms with van der Waals surface area (Å²) in [4.78, 5) is 0. The van der Waals surface area contributed by atoms with Crippen LogP contribution >= 0.6 is 0 Å². The lowest BCUT2D eigenvalue weighted by atomic mass is 10.0. The summed E-state index contributed by atoms with van der Waals surface area (Å²) in [6.07, 6.45) is 3.24. The molecular weight excluding hydrogens is 243 g/mol. The van der Waals surface area contributed by atoms with E-state index in [-0.39, 0.29) is 11.9 Å². The normalized spacial score (nSPS) is 12.6. The summed E-state index contributed by atoms with van der Waals surface area (Å²) in [7, 11) is 0. The molecule has 4 nitrogen and oxygen atoms in total. The van der Waals surface area contributed by atoms with Crippen LogP contribution in [0.4, 0.5) is 4.39 Å². The lowest BCUT2D eigenvalue weighted by Crippen LogP contribution is -2.31. The van der Waals surface area contributed by atoms with Gasteiger partial charge in [-0.1, -0.05) is 25.1 Å². The highest BCUT2D eigenvalue weighted by molar-refractivity contribution is 5.21. The van der Waals surface area contributed by atoms with Crippen LogP contribution in [0, 0.1) is 5.82 Å². The van der Waals surface area contributed by atoms with Gasteiger partial charge in [0.15, 0.2) is 0 Å². The maximum atomic E-state index is 13.7. The fraction of sp³-hybridized carbons (Fsp3) is 0.357. The predicted molar refractivity (Wildman–Crippen MR) is 72.7 cm³/mol.